The lowest BCUT2D eigenvalue weighted by Gasteiger charge is -2.14. The van der Waals surface area contributed by atoms with E-state index in [2.05, 4.69) is 5.32 Å². The van der Waals surface area contributed by atoms with E-state index in [9.17, 15) is 4.79 Å². The molecule has 150 valence electrons. The average molecular weight is 432 g/mol. The van der Waals surface area contributed by atoms with Gasteiger partial charge >= 0.3 is 0 Å². The minimum atomic E-state index is -0.305. The molecule has 3 aromatic carbocycles. The van der Waals surface area contributed by atoms with Crippen molar-refractivity contribution in [3.63, 3.8) is 0 Å². The van der Waals surface area contributed by atoms with Gasteiger partial charge in [-0.05, 0) is 60.7 Å². The molecule has 29 heavy (non-hydrogen) atoms. The van der Waals surface area contributed by atoms with Crippen LogP contribution in [0.4, 0.5) is 5.69 Å². The number of hydrogen-bond donors (Lipinski definition) is 1. The third-order valence-corrected chi connectivity index (χ3v) is 4.65. The zero-order valence-electron chi connectivity index (χ0n) is 15.9. The minimum absolute atomic E-state index is 0.229. The Morgan fingerprint density at radius 2 is 1.52 bits per heavy atom. The van der Waals surface area contributed by atoms with Crippen molar-refractivity contribution in [2.75, 3.05) is 19.5 Å². The lowest BCUT2D eigenvalue weighted by atomic mass is 10.1. The van der Waals surface area contributed by atoms with Crippen LogP contribution < -0.4 is 19.5 Å². The van der Waals surface area contributed by atoms with Crippen LogP contribution in [-0.4, -0.2) is 20.1 Å². The van der Waals surface area contributed by atoms with E-state index in [1.54, 1.807) is 67.8 Å². The summed E-state index contributed by atoms with van der Waals surface area (Å²) in [5.74, 6) is 1.49. The molecule has 7 heteroatoms. The van der Waals surface area contributed by atoms with E-state index < -0.39 is 0 Å². The summed E-state index contributed by atoms with van der Waals surface area (Å²) in [5, 5.41) is 3.94. The Bertz CT molecular complexity index is 1010. The van der Waals surface area contributed by atoms with Gasteiger partial charge in [-0.25, -0.2) is 0 Å². The molecule has 0 spiro atoms. The molecular weight excluding hydrogens is 413 g/mol. The fourth-order valence-electron chi connectivity index (χ4n) is 2.70. The van der Waals surface area contributed by atoms with Crippen molar-refractivity contribution in [2.45, 2.75) is 6.61 Å². The van der Waals surface area contributed by atoms with Crippen LogP contribution in [0.25, 0.3) is 0 Å². The molecule has 0 unspecified atom stereocenters. The molecular formula is C22H19Cl2NO4. The molecule has 0 saturated heterocycles. The molecule has 1 N–H and O–H groups in total. The van der Waals surface area contributed by atoms with Crippen molar-refractivity contribution in [3.8, 4) is 17.2 Å². The second-order valence-electron chi connectivity index (χ2n) is 6.07. The Hall–Kier alpha value is -2.89. The summed E-state index contributed by atoms with van der Waals surface area (Å²) in [4.78, 5) is 12.8. The topological polar surface area (TPSA) is 56.8 Å². The number of rotatable bonds is 7. The van der Waals surface area contributed by atoms with Gasteiger partial charge in [0, 0.05) is 21.2 Å². The van der Waals surface area contributed by atoms with Gasteiger partial charge in [0.2, 0.25) is 0 Å². The first-order chi connectivity index (χ1) is 14.0. The number of carbonyl (C=O) groups excluding carboxylic acids is 1. The van der Waals surface area contributed by atoms with Crippen molar-refractivity contribution in [2.24, 2.45) is 0 Å². The summed E-state index contributed by atoms with van der Waals surface area (Å²) in [7, 11) is 3.09. The Morgan fingerprint density at radius 1 is 0.862 bits per heavy atom. The molecule has 3 rings (SSSR count). The summed E-state index contributed by atoms with van der Waals surface area (Å²) in [6, 6.07) is 17.2. The van der Waals surface area contributed by atoms with E-state index in [1.165, 1.54) is 7.11 Å². The molecule has 0 aromatic heterocycles. The van der Waals surface area contributed by atoms with Gasteiger partial charge in [0.15, 0.2) is 0 Å². The van der Waals surface area contributed by atoms with E-state index in [-0.39, 0.29) is 12.5 Å². The molecule has 0 radical (unpaired) electrons. The molecule has 0 saturated carbocycles. The average Bonchev–Trinajstić information content (AvgIpc) is 2.73. The van der Waals surface area contributed by atoms with Gasteiger partial charge in [-0.2, -0.15) is 0 Å². The predicted molar refractivity (Wildman–Crippen MR) is 115 cm³/mol. The third-order valence-electron chi connectivity index (χ3n) is 4.16. The van der Waals surface area contributed by atoms with Crippen molar-refractivity contribution in [3.05, 3.63) is 81.8 Å². The second-order valence-corrected chi connectivity index (χ2v) is 6.94. The summed E-state index contributed by atoms with van der Waals surface area (Å²) in [5.41, 5.74) is 1.66. The van der Waals surface area contributed by atoms with Gasteiger partial charge in [0.05, 0.1) is 19.9 Å². The largest absolute Gasteiger partial charge is 0.496 e. The highest BCUT2D eigenvalue weighted by Gasteiger charge is 2.14. The van der Waals surface area contributed by atoms with E-state index in [0.717, 1.165) is 5.56 Å². The van der Waals surface area contributed by atoms with Crippen LogP contribution in [0.2, 0.25) is 10.0 Å². The zero-order chi connectivity index (χ0) is 20.8. The molecule has 0 aliphatic rings. The Labute approximate surface area is 179 Å². The maximum atomic E-state index is 12.8. The number of benzene rings is 3. The smallest absolute Gasteiger partial charge is 0.255 e. The summed E-state index contributed by atoms with van der Waals surface area (Å²) < 4.78 is 16.4. The number of hydrogen-bond acceptors (Lipinski definition) is 4. The Kier molecular flexibility index (Phi) is 6.86. The summed E-state index contributed by atoms with van der Waals surface area (Å²) in [6.45, 7) is 0.229. The van der Waals surface area contributed by atoms with Crippen LogP contribution >= 0.6 is 23.2 Å². The number of amides is 1. The van der Waals surface area contributed by atoms with Gasteiger partial charge in [0.1, 0.15) is 23.9 Å². The number of nitrogens with one attached hydrogen (secondary N) is 1. The highest BCUT2D eigenvalue weighted by molar-refractivity contribution is 6.31. The van der Waals surface area contributed by atoms with Gasteiger partial charge < -0.3 is 19.5 Å². The first-order valence-corrected chi connectivity index (χ1v) is 9.46. The summed E-state index contributed by atoms with van der Waals surface area (Å²) >= 11 is 11.9. The first kappa shape index (κ1) is 20.8. The van der Waals surface area contributed by atoms with Gasteiger partial charge in [-0.3, -0.25) is 4.79 Å². The van der Waals surface area contributed by atoms with Gasteiger partial charge in [0.25, 0.3) is 5.91 Å². The normalized spacial score (nSPS) is 10.3. The molecule has 0 aliphatic carbocycles. The lowest BCUT2D eigenvalue weighted by molar-refractivity contribution is 0.102. The van der Waals surface area contributed by atoms with Crippen LogP contribution in [0.5, 0.6) is 17.2 Å². The summed E-state index contributed by atoms with van der Waals surface area (Å²) in [6.07, 6.45) is 0. The molecule has 0 fully saturated rings. The molecule has 1 amide bonds. The van der Waals surface area contributed by atoms with Crippen LogP contribution in [0.15, 0.2) is 60.7 Å². The molecule has 3 aromatic rings. The number of anilines is 1. The molecule has 0 atom stereocenters. The molecule has 0 bridgehead atoms. The van der Waals surface area contributed by atoms with Crippen molar-refractivity contribution >= 4 is 34.8 Å². The predicted octanol–water partition coefficient (Wildman–Crippen LogP) is 5.84. The van der Waals surface area contributed by atoms with Crippen molar-refractivity contribution in [1.82, 2.24) is 0 Å². The second kappa shape index (κ2) is 9.54. The Morgan fingerprint density at radius 3 is 2.21 bits per heavy atom. The highest BCUT2D eigenvalue weighted by Crippen LogP contribution is 2.29. The molecule has 5 nitrogen and oxygen atoms in total. The van der Waals surface area contributed by atoms with E-state index in [4.69, 9.17) is 37.4 Å². The highest BCUT2D eigenvalue weighted by atomic mass is 35.5. The van der Waals surface area contributed by atoms with Crippen LogP contribution in [-0.2, 0) is 6.61 Å². The third kappa shape index (κ3) is 5.34. The molecule has 0 heterocycles. The van der Waals surface area contributed by atoms with Gasteiger partial charge in [-0.15, -0.1) is 0 Å². The lowest BCUT2D eigenvalue weighted by Crippen LogP contribution is -2.13. The Balaban J connectivity index is 1.79. The van der Waals surface area contributed by atoms with Gasteiger partial charge in [-0.1, -0.05) is 23.2 Å². The van der Waals surface area contributed by atoms with Crippen LogP contribution in [0.1, 0.15) is 15.9 Å². The van der Waals surface area contributed by atoms with E-state index >= 15 is 0 Å². The SMILES string of the molecule is COc1ccc(C(=O)Nc2cc(Cl)ccc2OC)cc1COc1ccc(Cl)cc1. The fourth-order valence-corrected chi connectivity index (χ4v) is 2.99. The monoisotopic (exact) mass is 431 g/mol. The van der Waals surface area contributed by atoms with Crippen LogP contribution in [0.3, 0.4) is 0 Å². The number of ether oxygens (including phenoxy) is 3. The fraction of sp³-hybridized carbons (Fsp3) is 0.136. The van der Waals surface area contributed by atoms with Crippen molar-refractivity contribution < 1.29 is 19.0 Å². The van der Waals surface area contributed by atoms with E-state index in [1.807, 2.05) is 0 Å². The standard InChI is InChI=1S/C22H19Cl2NO4/c1-27-20-9-3-14(11-15(20)13-29-18-7-4-16(23)5-8-18)22(26)25-19-12-17(24)6-10-21(19)28-2/h3-12H,13H2,1-2H3,(H,25,26). The number of halogens is 2. The maximum Gasteiger partial charge on any atom is 0.255 e. The first-order valence-electron chi connectivity index (χ1n) is 8.70. The maximum absolute atomic E-state index is 12.8. The minimum Gasteiger partial charge on any atom is -0.496 e. The van der Waals surface area contributed by atoms with Crippen molar-refractivity contribution in [1.29, 1.82) is 0 Å². The number of carbonyl (C=O) groups is 1. The quantitative estimate of drug-likeness (QED) is 0.510. The van der Waals surface area contributed by atoms with E-state index in [0.29, 0.717) is 38.5 Å². The number of methoxy groups -OCH3 is 2. The zero-order valence-corrected chi connectivity index (χ0v) is 17.4. The molecule has 0 aliphatic heterocycles. The van der Waals surface area contributed by atoms with Crippen LogP contribution in [0, 0.1) is 0 Å².